The number of carbonyl (C=O) groups excluding carboxylic acids is 2. The number of para-hydroxylation sites is 1. The number of anilines is 1. The van der Waals surface area contributed by atoms with Gasteiger partial charge in [-0.1, -0.05) is 18.2 Å². The molecular weight excluding hydrogens is 414 g/mol. The minimum absolute atomic E-state index is 0.0131. The highest BCUT2D eigenvalue weighted by Crippen LogP contribution is 2.19. The van der Waals surface area contributed by atoms with Crippen LogP contribution in [0.15, 0.2) is 58.1 Å². The summed E-state index contributed by atoms with van der Waals surface area (Å²) in [6.45, 7) is 2.00. The van der Waals surface area contributed by atoms with Crippen molar-refractivity contribution < 1.29 is 19.1 Å². The molecule has 0 fully saturated rings. The molecule has 2 heterocycles. The standard InChI is InChI=1S/C16H12N2O6.C7H9N/c1-23-15(21)9-6-12(20)13-8(17-9)4-3-7-11(19)5-10(16(22)24-2)18-14(7)13;1-6-4-2-3-5-7(6)8/h3-6H,1-2H3,(H,17,20)(H,18,19);2-5H,8H2,1H3. The van der Waals surface area contributed by atoms with Crippen molar-refractivity contribution in [1.29, 1.82) is 0 Å². The van der Waals surface area contributed by atoms with Gasteiger partial charge in [-0.05, 0) is 30.7 Å². The zero-order valence-electron chi connectivity index (χ0n) is 17.6. The molecule has 0 amide bonds. The predicted molar refractivity (Wildman–Crippen MR) is 121 cm³/mol. The molecule has 164 valence electrons. The first kappa shape index (κ1) is 22.3. The van der Waals surface area contributed by atoms with Gasteiger partial charge in [-0.2, -0.15) is 0 Å². The lowest BCUT2D eigenvalue weighted by atomic mass is 10.1. The Morgan fingerprint density at radius 3 is 2.00 bits per heavy atom. The number of H-pyrrole nitrogens is 2. The Hall–Kier alpha value is -4.40. The molecular formula is C23H21N3O6. The van der Waals surface area contributed by atoms with Crippen molar-refractivity contribution in [1.82, 2.24) is 9.97 Å². The van der Waals surface area contributed by atoms with Gasteiger partial charge in [0.05, 0.1) is 30.6 Å². The molecule has 9 nitrogen and oxygen atoms in total. The van der Waals surface area contributed by atoms with Crippen molar-refractivity contribution in [2.45, 2.75) is 6.92 Å². The van der Waals surface area contributed by atoms with E-state index in [1.165, 1.54) is 26.4 Å². The van der Waals surface area contributed by atoms with E-state index in [4.69, 9.17) is 5.73 Å². The topological polar surface area (TPSA) is 144 Å². The summed E-state index contributed by atoms with van der Waals surface area (Å²) in [4.78, 5) is 53.4. The number of aryl methyl sites for hydroxylation is 1. The van der Waals surface area contributed by atoms with Crippen molar-refractivity contribution in [3.63, 3.8) is 0 Å². The van der Waals surface area contributed by atoms with Crippen LogP contribution in [0.2, 0.25) is 0 Å². The van der Waals surface area contributed by atoms with E-state index in [-0.39, 0.29) is 27.7 Å². The predicted octanol–water partition coefficient (Wildman–Crippen LogP) is 2.52. The minimum atomic E-state index is -0.728. The molecule has 0 aliphatic heterocycles. The molecule has 0 aliphatic rings. The van der Waals surface area contributed by atoms with E-state index < -0.39 is 22.8 Å². The van der Waals surface area contributed by atoms with Gasteiger partial charge in [-0.25, -0.2) is 9.59 Å². The zero-order chi connectivity index (χ0) is 23.4. The van der Waals surface area contributed by atoms with Crippen molar-refractivity contribution >= 4 is 39.4 Å². The molecule has 0 saturated heterocycles. The molecule has 0 aliphatic carbocycles. The average Bonchev–Trinajstić information content (AvgIpc) is 2.79. The first-order valence-electron chi connectivity index (χ1n) is 9.47. The number of pyridine rings is 2. The van der Waals surface area contributed by atoms with Gasteiger partial charge in [-0.15, -0.1) is 0 Å². The molecule has 0 saturated carbocycles. The second-order valence-corrected chi connectivity index (χ2v) is 6.84. The Morgan fingerprint density at radius 2 is 1.44 bits per heavy atom. The number of rotatable bonds is 2. The maximum absolute atomic E-state index is 12.4. The summed E-state index contributed by atoms with van der Waals surface area (Å²) in [5.41, 5.74) is 7.05. The number of hydrogen-bond donors (Lipinski definition) is 3. The number of benzene rings is 2. The number of carbonyl (C=O) groups is 2. The highest BCUT2D eigenvalue weighted by atomic mass is 16.5. The average molecular weight is 435 g/mol. The number of ether oxygens (including phenoxy) is 2. The summed E-state index contributed by atoms with van der Waals surface area (Å²) in [6.07, 6.45) is 0. The van der Waals surface area contributed by atoms with Gasteiger partial charge in [0.25, 0.3) is 0 Å². The van der Waals surface area contributed by atoms with Crippen molar-refractivity contribution in [3.8, 4) is 0 Å². The maximum atomic E-state index is 12.4. The number of nitrogen functional groups attached to an aromatic ring is 1. The van der Waals surface area contributed by atoms with Crippen molar-refractivity contribution in [2.75, 3.05) is 20.0 Å². The van der Waals surface area contributed by atoms with Crippen LogP contribution in [0.5, 0.6) is 0 Å². The Labute approximate surface area is 181 Å². The van der Waals surface area contributed by atoms with E-state index >= 15 is 0 Å². The van der Waals surface area contributed by atoms with Crippen molar-refractivity contribution in [2.24, 2.45) is 0 Å². The third kappa shape index (κ3) is 4.36. The Bertz CT molecular complexity index is 1430. The van der Waals surface area contributed by atoms with Crippen LogP contribution in [-0.4, -0.2) is 36.1 Å². The second-order valence-electron chi connectivity index (χ2n) is 6.84. The molecule has 0 bridgehead atoms. The lowest BCUT2D eigenvalue weighted by molar-refractivity contribution is 0.0586. The summed E-state index contributed by atoms with van der Waals surface area (Å²) in [5, 5.41) is 0.398. The van der Waals surface area contributed by atoms with E-state index in [2.05, 4.69) is 19.4 Å². The highest BCUT2D eigenvalue weighted by Gasteiger charge is 2.15. The van der Waals surface area contributed by atoms with Gasteiger partial charge < -0.3 is 25.2 Å². The number of hydrogen-bond acceptors (Lipinski definition) is 7. The molecule has 2 aromatic carbocycles. The number of esters is 2. The molecule has 0 atom stereocenters. The van der Waals surface area contributed by atoms with Crippen LogP contribution in [0.4, 0.5) is 5.69 Å². The normalized spacial score (nSPS) is 10.3. The number of nitrogens with one attached hydrogen (secondary N) is 2. The van der Waals surface area contributed by atoms with E-state index in [0.717, 1.165) is 23.4 Å². The van der Waals surface area contributed by atoms with Gasteiger partial charge in [-0.3, -0.25) is 9.59 Å². The fraction of sp³-hybridized carbons (Fsp3) is 0.130. The Balaban J connectivity index is 0.000000305. The van der Waals surface area contributed by atoms with E-state index in [1.807, 2.05) is 31.2 Å². The lowest BCUT2D eigenvalue weighted by Gasteiger charge is -2.07. The molecule has 4 aromatic rings. The fourth-order valence-electron chi connectivity index (χ4n) is 3.09. The first-order chi connectivity index (χ1) is 15.3. The summed E-state index contributed by atoms with van der Waals surface area (Å²) in [7, 11) is 2.38. The van der Waals surface area contributed by atoms with Crippen molar-refractivity contribution in [3.05, 3.63) is 85.9 Å². The fourth-order valence-corrected chi connectivity index (χ4v) is 3.09. The molecule has 9 heteroatoms. The number of methoxy groups -OCH3 is 2. The van der Waals surface area contributed by atoms with Crippen LogP contribution in [-0.2, 0) is 9.47 Å². The second kappa shape index (κ2) is 9.17. The van der Waals surface area contributed by atoms with E-state index in [9.17, 15) is 19.2 Å². The monoisotopic (exact) mass is 435 g/mol. The third-order valence-corrected chi connectivity index (χ3v) is 4.80. The molecule has 0 unspecified atom stereocenters. The van der Waals surface area contributed by atoms with Crippen LogP contribution in [0.1, 0.15) is 26.5 Å². The smallest absolute Gasteiger partial charge is 0.354 e. The van der Waals surface area contributed by atoms with E-state index in [1.54, 1.807) is 0 Å². The largest absolute Gasteiger partial charge is 0.464 e. The SMILES string of the molecule is COC(=O)c1cc(=O)c2c(ccc3c(=O)cc(C(=O)OC)[nH]c32)[nH]1.Cc1ccccc1N. The molecule has 0 radical (unpaired) electrons. The lowest BCUT2D eigenvalue weighted by Crippen LogP contribution is -2.15. The summed E-state index contributed by atoms with van der Waals surface area (Å²) >= 11 is 0. The maximum Gasteiger partial charge on any atom is 0.354 e. The zero-order valence-corrected chi connectivity index (χ0v) is 17.6. The van der Waals surface area contributed by atoms with E-state index in [0.29, 0.717) is 5.52 Å². The molecule has 0 spiro atoms. The summed E-state index contributed by atoms with van der Waals surface area (Å²) < 4.78 is 9.18. The van der Waals surface area contributed by atoms with Gasteiger partial charge in [0.15, 0.2) is 10.9 Å². The van der Waals surface area contributed by atoms with Crippen LogP contribution >= 0.6 is 0 Å². The molecule has 4 rings (SSSR count). The van der Waals surface area contributed by atoms with Crippen LogP contribution in [0.25, 0.3) is 21.8 Å². The first-order valence-corrected chi connectivity index (χ1v) is 9.47. The number of fused-ring (bicyclic) bond motifs is 3. The summed E-state index contributed by atoms with van der Waals surface area (Å²) in [5.74, 6) is -1.42. The highest BCUT2D eigenvalue weighted by molar-refractivity contribution is 6.06. The van der Waals surface area contributed by atoms with Gasteiger partial charge >= 0.3 is 11.9 Å². The van der Waals surface area contributed by atoms with Crippen LogP contribution < -0.4 is 16.6 Å². The minimum Gasteiger partial charge on any atom is -0.464 e. The molecule has 4 N–H and O–H groups in total. The quantitative estimate of drug-likeness (QED) is 0.249. The van der Waals surface area contributed by atoms with Gasteiger partial charge in [0.2, 0.25) is 0 Å². The number of aromatic amines is 2. The van der Waals surface area contributed by atoms with Crippen LogP contribution in [0.3, 0.4) is 0 Å². The number of aromatic nitrogens is 2. The van der Waals surface area contributed by atoms with Gasteiger partial charge in [0.1, 0.15) is 11.4 Å². The Kier molecular flexibility index (Phi) is 6.39. The number of nitrogens with two attached hydrogens (primary N) is 1. The van der Waals surface area contributed by atoms with Crippen LogP contribution in [0, 0.1) is 6.92 Å². The Morgan fingerprint density at radius 1 is 0.844 bits per heavy atom. The molecule has 2 aromatic heterocycles. The summed E-state index contributed by atoms with van der Waals surface area (Å²) in [6, 6.07) is 13.0. The van der Waals surface area contributed by atoms with Gasteiger partial charge in [0, 0.05) is 23.2 Å². The third-order valence-electron chi connectivity index (χ3n) is 4.80. The molecule has 32 heavy (non-hydrogen) atoms.